The number of halogens is 3. The molecule has 0 aliphatic carbocycles. The molecule has 0 aliphatic heterocycles. The van der Waals surface area contributed by atoms with Crippen molar-refractivity contribution in [1.82, 2.24) is 0 Å². The van der Waals surface area contributed by atoms with E-state index < -0.39 is 0 Å². The first-order chi connectivity index (χ1) is 1.73. The molecule has 0 aromatic rings. The van der Waals surface area contributed by atoms with Crippen molar-refractivity contribution in [3.05, 3.63) is 4.30 Å². The topological polar surface area (TPSA) is 0 Å². The van der Waals surface area contributed by atoms with Gasteiger partial charge in [0.15, 0.2) is 0 Å². The van der Waals surface area contributed by atoms with Gasteiger partial charge in [0.05, 0.1) is 0 Å². The summed E-state index contributed by atoms with van der Waals surface area (Å²) >= 11 is 14.2. The van der Waals surface area contributed by atoms with Gasteiger partial charge in [0, 0.05) is 23.9 Å². The number of hydrogen-bond acceptors (Lipinski definition) is 0. The van der Waals surface area contributed by atoms with Crippen molar-refractivity contribution in [2.45, 2.75) is 22.3 Å². The van der Waals surface area contributed by atoms with Crippen LogP contribution in [0.15, 0.2) is 0 Å². The van der Waals surface area contributed by atoms with E-state index in [9.17, 15) is 0 Å². The fourth-order valence-electron chi connectivity index (χ4n) is 0. The normalized spacial score (nSPS) is 4.50. The quantitative estimate of drug-likeness (QED) is 0.596. The van der Waals surface area contributed by atoms with Crippen molar-refractivity contribution in [3.8, 4) is 0 Å². The molecule has 0 atom stereocenters. The number of hydrogen-bond donors (Lipinski definition) is 0. The Morgan fingerprint density at radius 3 is 0.750 bits per heavy atom. The molecule has 0 aromatic heterocycles. The zero-order valence-corrected chi connectivity index (χ0v) is 7.26. The van der Waals surface area contributed by atoms with E-state index in [2.05, 4.69) is 0 Å². The van der Waals surface area contributed by atoms with Crippen LogP contribution in [0.4, 0.5) is 0 Å². The maximum Gasteiger partial charge on any atom is 0.236 e. The molecular formula is C4H12Cl3Sn. The van der Waals surface area contributed by atoms with Gasteiger partial charge in [-0.1, -0.05) is 57.1 Å². The van der Waals surface area contributed by atoms with E-state index in [1.54, 1.807) is 0 Å². The van der Waals surface area contributed by atoms with Gasteiger partial charge in [-0.3, -0.25) is 0 Å². The molecule has 8 heavy (non-hydrogen) atoms. The Hall–Kier alpha value is 1.67. The first kappa shape index (κ1) is 33.3. The molecule has 0 rings (SSSR count). The maximum absolute atomic E-state index is 4.72. The molecule has 0 spiro atoms. The van der Waals surface area contributed by atoms with Gasteiger partial charge in [-0.2, -0.15) is 0 Å². The monoisotopic (exact) mass is 285 g/mol. The molecule has 0 amide bonds. The molecule has 0 bridgehead atoms. The van der Waals surface area contributed by atoms with Crippen LogP contribution < -0.4 is 0 Å². The summed E-state index contributed by atoms with van der Waals surface area (Å²) < 4.78 is -0.167. The zero-order chi connectivity index (χ0) is 3.58. The van der Waals surface area contributed by atoms with E-state index in [1.165, 1.54) is 0 Å². The molecule has 0 fully saturated rings. The minimum atomic E-state index is -0.167. The standard InChI is InChI=1S/CCl3.3CH4.Sn/c2-1(3)4;;;;/h;3*1H4;. The molecule has 4 heteroatoms. The Morgan fingerprint density at radius 2 is 0.750 bits per heavy atom. The van der Waals surface area contributed by atoms with Crippen LogP contribution in [0.1, 0.15) is 22.3 Å². The predicted octanol–water partition coefficient (Wildman–Crippen LogP) is 3.68. The molecule has 0 aliphatic rings. The van der Waals surface area contributed by atoms with Crippen molar-refractivity contribution >= 4 is 58.7 Å². The van der Waals surface area contributed by atoms with E-state index in [1.807, 2.05) is 0 Å². The van der Waals surface area contributed by atoms with Gasteiger partial charge in [0.25, 0.3) is 0 Å². The molecule has 0 aromatic carbocycles. The summed E-state index contributed by atoms with van der Waals surface area (Å²) in [5.74, 6) is 0. The van der Waals surface area contributed by atoms with Crippen LogP contribution in [0.5, 0.6) is 0 Å². The predicted molar refractivity (Wildman–Crippen MR) is 46.7 cm³/mol. The summed E-state index contributed by atoms with van der Waals surface area (Å²) in [5.41, 5.74) is 0. The number of rotatable bonds is 0. The summed E-state index contributed by atoms with van der Waals surface area (Å²) in [6.07, 6.45) is 0. The van der Waals surface area contributed by atoms with Crippen LogP contribution in [-0.2, 0) is 0 Å². The molecule has 5 radical (unpaired) electrons. The Bertz CT molecular complexity index is 16.0. The average Bonchev–Trinajstić information content (AvgIpc) is 0.811. The van der Waals surface area contributed by atoms with Crippen molar-refractivity contribution in [2.24, 2.45) is 0 Å². The summed E-state index contributed by atoms with van der Waals surface area (Å²) in [4.78, 5) is 0. The zero-order valence-electron chi connectivity index (χ0n) is 2.13. The van der Waals surface area contributed by atoms with Crippen molar-refractivity contribution in [1.29, 1.82) is 0 Å². The molecule has 0 heterocycles. The van der Waals surface area contributed by atoms with Crippen LogP contribution in [-0.4, -0.2) is 23.9 Å². The van der Waals surface area contributed by atoms with Gasteiger partial charge in [-0.15, -0.1) is 0 Å². The van der Waals surface area contributed by atoms with Crippen molar-refractivity contribution in [2.75, 3.05) is 0 Å². The largest absolute Gasteiger partial charge is 0.236 e. The minimum absolute atomic E-state index is 0. The van der Waals surface area contributed by atoms with Crippen LogP contribution >= 0.6 is 34.8 Å². The third-order valence-electron chi connectivity index (χ3n) is 0. The average molecular weight is 285 g/mol. The molecule has 0 N–H and O–H groups in total. The van der Waals surface area contributed by atoms with Crippen LogP contribution in [0, 0.1) is 4.30 Å². The Kier molecular flexibility index (Phi) is 97.5. The van der Waals surface area contributed by atoms with Gasteiger partial charge in [-0.05, 0) is 0 Å². The maximum atomic E-state index is 4.72. The Balaban J connectivity index is -0.00000000750. The van der Waals surface area contributed by atoms with E-state index >= 15 is 0 Å². The molecule has 0 saturated heterocycles. The smallest absolute Gasteiger partial charge is 0.0788 e. The fraction of sp³-hybridized carbons (Fsp3) is 0.750. The fourth-order valence-corrected chi connectivity index (χ4v) is 0. The molecule has 0 unspecified atom stereocenters. The first-order valence-corrected chi connectivity index (χ1v) is 1.70. The third-order valence-corrected chi connectivity index (χ3v) is 0. The second-order valence-electron chi connectivity index (χ2n) is 0.214. The van der Waals surface area contributed by atoms with Crippen molar-refractivity contribution in [3.63, 3.8) is 0 Å². The van der Waals surface area contributed by atoms with E-state index in [-0.39, 0.29) is 50.5 Å². The molecule has 0 saturated carbocycles. The van der Waals surface area contributed by atoms with E-state index in [0.29, 0.717) is 0 Å². The van der Waals surface area contributed by atoms with Gasteiger partial charge >= 0.3 is 0 Å². The minimum Gasteiger partial charge on any atom is -0.0788 e. The second kappa shape index (κ2) is 23.4. The summed E-state index contributed by atoms with van der Waals surface area (Å²) in [5, 5.41) is 0. The Morgan fingerprint density at radius 1 is 0.750 bits per heavy atom. The van der Waals surface area contributed by atoms with E-state index in [4.69, 9.17) is 34.8 Å². The van der Waals surface area contributed by atoms with E-state index in [0.717, 1.165) is 0 Å². The molecule has 0 nitrogen and oxygen atoms in total. The van der Waals surface area contributed by atoms with Crippen molar-refractivity contribution < 1.29 is 0 Å². The Labute approximate surface area is 84.8 Å². The third kappa shape index (κ3) is 122. The van der Waals surface area contributed by atoms with Crippen LogP contribution in [0.2, 0.25) is 0 Å². The summed E-state index contributed by atoms with van der Waals surface area (Å²) in [6, 6.07) is 0. The SMILES string of the molecule is C.C.C.Cl[C](Cl)Cl.[Sn]. The second-order valence-corrected chi connectivity index (χ2v) is 1.93. The van der Waals surface area contributed by atoms with Gasteiger partial charge in [-0.25, -0.2) is 0 Å². The van der Waals surface area contributed by atoms with Crippen LogP contribution in [0.25, 0.3) is 0 Å². The summed E-state index contributed by atoms with van der Waals surface area (Å²) in [6.45, 7) is 0. The van der Waals surface area contributed by atoms with Gasteiger partial charge in [0.1, 0.15) is 0 Å². The van der Waals surface area contributed by atoms with Gasteiger partial charge < -0.3 is 0 Å². The molecular weight excluding hydrogens is 273 g/mol. The summed E-state index contributed by atoms with van der Waals surface area (Å²) in [7, 11) is 0. The first-order valence-electron chi connectivity index (χ1n) is 0.567. The van der Waals surface area contributed by atoms with Crippen LogP contribution in [0.3, 0.4) is 0 Å². The van der Waals surface area contributed by atoms with Gasteiger partial charge in [0.2, 0.25) is 4.30 Å². The molecule has 53 valence electrons.